The Balaban J connectivity index is 1.40. The summed E-state index contributed by atoms with van der Waals surface area (Å²) in [5.41, 5.74) is 4.06. The molecule has 1 amide bonds. The van der Waals surface area contributed by atoms with E-state index in [0.717, 1.165) is 47.1 Å². The van der Waals surface area contributed by atoms with E-state index in [0.29, 0.717) is 19.1 Å². The van der Waals surface area contributed by atoms with Gasteiger partial charge in [-0.1, -0.05) is 67.1 Å². The molecule has 2 heterocycles. The van der Waals surface area contributed by atoms with Crippen molar-refractivity contribution in [2.75, 3.05) is 19.6 Å². The Morgan fingerprint density at radius 1 is 1.05 bits per heavy atom. The molecule has 1 N–H and O–H groups in total. The lowest BCUT2D eigenvalue weighted by Gasteiger charge is -2.33. The number of piperidine rings is 1. The van der Waals surface area contributed by atoms with Crippen LogP contribution in [0.25, 0.3) is 10.9 Å². The lowest BCUT2D eigenvalue weighted by atomic mass is 9.88. The van der Waals surface area contributed by atoms with E-state index in [4.69, 9.17) is 0 Å². The molecule has 208 valence electrons. The zero-order chi connectivity index (χ0) is 27.9. The molecule has 4 aromatic rings. The second-order valence-corrected chi connectivity index (χ2v) is 10.9. The highest BCUT2D eigenvalue weighted by atomic mass is 16.6. The largest absolute Gasteiger partial charge is 0.356 e. The van der Waals surface area contributed by atoms with Gasteiger partial charge < -0.3 is 14.8 Å². The molecule has 0 saturated carbocycles. The number of non-ortho nitro benzene ring substituents is 1. The number of aromatic nitrogens is 1. The molecule has 7 heteroatoms. The molecule has 40 heavy (non-hydrogen) atoms. The van der Waals surface area contributed by atoms with Crippen molar-refractivity contribution in [1.29, 1.82) is 0 Å². The number of amides is 1. The van der Waals surface area contributed by atoms with Crippen LogP contribution in [0.15, 0.2) is 85.1 Å². The van der Waals surface area contributed by atoms with Gasteiger partial charge in [0.25, 0.3) is 5.69 Å². The maximum absolute atomic E-state index is 13.3. The molecule has 2 unspecified atom stereocenters. The molecule has 0 spiro atoms. The van der Waals surface area contributed by atoms with Gasteiger partial charge in [0.2, 0.25) is 5.91 Å². The summed E-state index contributed by atoms with van der Waals surface area (Å²) in [6.45, 7) is 5.72. The monoisotopic (exact) mass is 538 g/mol. The highest BCUT2D eigenvalue weighted by Gasteiger charge is 2.24. The Morgan fingerprint density at radius 2 is 1.80 bits per heavy atom. The second-order valence-electron chi connectivity index (χ2n) is 10.9. The van der Waals surface area contributed by atoms with Crippen LogP contribution in [-0.4, -0.2) is 46.0 Å². The SMILES string of the molecule is CC1CCCCN1CCCNC(=O)CC(c1ccccc1)c1cn(Cc2ccccc2)c2ccc([N+](=O)[O-])cc12. The van der Waals surface area contributed by atoms with Crippen molar-refractivity contribution in [1.82, 2.24) is 14.8 Å². The Morgan fingerprint density at radius 3 is 2.52 bits per heavy atom. The Bertz CT molecular complexity index is 1430. The average Bonchev–Trinajstić information content (AvgIpc) is 3.33. The fourth-order valence-corrected chi connectivity index (χ4v) is 5.96. The normalized spacial score (nSPS) is 16.6. The Kier molecular flexibility index (Phi) is 8.91. The van der Waals surface area contributed by atoms with Gasteiger partial charge in [-0.2, -0.15) is 0 Å². The smallest absolute Gasteiger partial charge is 0.270 e. The average molecular weight is 539 g/mol. The van der Waals surface area contributed by atoms with E-state index in [1.54, 1.807) is 12.1 Å². The maximum atomic E-state index is 13.3. The standard InChI is InChI=1S/C33H38N4O3/c1-25-11-8-9-19-35(25)20-10-18-34-33(38)22-29(27-14-6-3-7-15-27)31-24-36(23-26-12-4-2-5-13-26)32-17-16-28(37(39)40)21-30(31)32/h2-7,12-17,21,24-25,29H,8-11,18-20,22-23H2,1H3,(H,34,38). The minimum Gasteiger partial charge on any atom is -0.356 e. The topological polar surface area (TPSA) is 80.4 Å². The van der Waals surface area contributed by atoms with E-state index >= 15 is 0 Å². The van der Waals surface area contributed by atoms with Crippen molar-refractivity contribution in [2.45, 2.75) is 57.5 Å². The van der Waals surface area contributed by atoms with Gasteiger partial charge >= 0.3 is 0 Å². The van der Waals surface area contributed by atoms with E-state index in [9.17, 15) is 14.9 Å². The molecule has 7 nitrogen and oxygen atoms in total. The van der Waals surface area contributed by atoms with Gasteiger partial charge in [0, 0.05) is 67.2 Å². The van der Waals surface area contributed by atoms with Gasteiger partial charge in [-0.15, -0.1) is 0 Å². The highest BCUT2D eigenvalue weighted by Crippen LogP contribution is 2.36. The summed E-state index contributed by atoms with van der Waals surface area (Å²) in [5.74, 6) is -0.236. The van der Waals surface area contributed by atoms with Gasteiger partial charge in [-0.05, 0) is 55.5 Å². The van der Waals surface area contributed by atoms with E-state index in [1.807, 2.05) is 54.6 Å². The number of likely N-dealkylation sites (tertiary alicyclic amines) is 1. The fraction of sp³-hybridized carbons (Fsp3) is 0.364. The van der Waals surface area contributed by atoms with Crippen molar-refractivity contribution in [2.24, 2.45) is 0 Å². The number of rotatable bonds is 11. The van der Waals surface area contributed by atoms with Crippen LogP contribution in [0, 0.1) is 10.1 Å². The first-order chi connectivity index (χ1) is 19.5. The molecule has 1 aliphatic rings. The summed E-state index contributed by atoms with van der Waals surface area (Å²) in [6.07, 6.45) is 7.09. The van der Waals surface area contributed by atoms with E-state index in [2.05, 4.69) is 40.0 Å². The van der Waals surface area contributed by atoms with Crippen LogP contribution in [0.1, 0.15) is 61.6 Å². The van der Waals surface area contributed by atoms with Crippen LogP contribution in [0.5, 0.6) is 0 Å². The first-order valence-electron chi connectivity index (χ1n) is 14.4. The number of benzene rings is 3. The van der Waals surface area contributed by atoms with Gasteiger partial charge in [0.05, 0.1) is 4.92 Å². The molecule has 3 aromatic carbocycles. The van der Waals surface area contributed by atoms with Crippen LogP contribution in [0.4, 0.5) is 5.69 Å². The van der Waals surface area contributed by atoms with Crippen molar-refractivity contribution in [3.05, 3.63) is 112 Å². The highest BCUT2D eigenvalue weighted by molar-refractivity contribution is 5.88. The molecule has 0 bridgehead atoms. The number of hydrogen-bond acceptors (Lipinski definition) is 4. The van der Waals surface area contributed by atoms with E-state index < -0.39 is 0 Å². The summed E-state index contributed by atoms with van der Waals surface area (Å²) < 4.78 is 2.14. The molecule has 0 aliphatic carbocycles. The number of hydrogen-bond donors (Lipinski definition) is 1. The lowest BCUT2D eigenvalue weighted by molar-refractivity contribution is -0.384. The summed E-state index contributed by atoms with van der Waals surface area (Å²) >= 11 is 0. The number of fused-ring (bicyclic) bond motifs is 1. The predicted molar refractivity (Wildman–Crippen MR) is 160 cm³/mol. The number of nitro groups is 1. The third-order valence-corrected chi connectivity index (χ3v) is 8.15. The molecule has 1 fully saturated rings. The summed E-state index contributed by atoms with van der Waals surface area (Å²) in [4.78, 5) is 27.1. The van der Waals surface area contributed by atoms with Gasteiger partial charge in [0.15, 0.2) is 0 Å². The number of nitrogens with one attached hydrogen (secondary N) is 1. The number of nitrogens with zero attached hydrogens (tertiary/aromatic N) is 3. The van der Waals surface area contributed by atoms with Crippen LogP contribution < -0.4 is 5.32 Å². The van der Waals surface area contributed by atoms with Crippen LogP contribution in [-0.2, 0) is 11.3 Å². The van der Waals surface area contributed by atoms with E-state index in [-0.39, 0.29) is 28.9 Å². The number of nitro benzene ring substituents is 1. The summed E-state index contributed by atoms with van der Waals surface area (Å²) in [7, 11) is 0. The molecule has 1 saturated heterocycles. The third kappa shape index (κ3) is 6.59. The van der Waals surface area contributed by atoms with Crippen molar-refractivity contribution < 1.29 is 9.72 Å². The molecule has 0 radical (unpaired) electrons. The van der Waals surface area contributed by atoms with Gasteiger partial charge in [-0.25, -0.2) is 0 Å². The fourth-order valence-electron chi connectivity index (χ4n) is 5.96. The first-order valence-corrected chi connectivity index (χ1v) is 14.4. The zero-order valence-electron chi connectivity index (χ0n) is 23.2. The molecular formula is C33H38N4O3. The first kappa shape index (κ1) is 27.6. The van der Waals surface area contributed by atoms with Gasteiger partial charge in [0.1, 0.15) is 0 Å². The molecule has 1 aromatic heterocycles. The third-order valence-electron chi connectivity index (χ3n) is 8.15. The van der Waals surface area contributed by atoms with Crippen molar-refractivity contribution in [3.8, 4) is 0 Å². The number of carbonyl (C=O) groups excluding carboxylic acids is 1. The Hall–Kier alpha value is -3.97. The number of carbonyl (C=O) groups is 1. The minimum absolute atomic E-state index is 0.00469. The predicted octanol–water partition coefficient (Wildman–Crippen LogP) is 6.50. The lowest BCUT2D eigenvalue weighted by Crippen LogP contribution is -2.39. The Labute approximate surface area is 236 Å². The van der Waals surface area contributed by atoms with Crippen molar-refractivity contribution >= 4 is 22.5 Å². The van der Waals surface area contributed by atoms with Crippen LogP contribution in [0.2, 0.25) is 0 Å². The van der Waals surface area contributed by atoms with E-state index in [1.165, 1.54) is 19.3 Å². The van der Waals surface area contributed by atoms with Crippen LogP contribution >= 0.6 is 0 Å². The quantitative estimate of drug-likeness (QED) is 0.134. The summed E-state index contributed by atoms with van der Waals surface area (Å²) in [5, 5.41) is 15.6. The van der Waals surface area contributed by atoms with Gasteiger partial charge in [-0.3, -0.25) is 14.9 Å². The maximum Gasteiger partial charge on any atom is 0.270 e. The molecule has 1 aliphatic heterocycles. The zero-order valence-corrected chi connectivity index (χ0v) is 23.2. The minimum atomic E-state index is -0.356. The molecular weight excluding hydrogens is 500 g/mol. The van der Waals surface area contributed by atoms with Crippen LogP contribution in [0.3, 0.4) is 0 Å². The second kappa shape index (κ2) is 12.9. The molecule has 2 atom stereocenters. The van der Waals surface area contributed by atoms with Crippen molar-refractivity contribution in [3.63, 3.8) is 0 Å². The molecule has 5 rings (SSSR count). The summed E-state index contributed by atoms with van der Waals surface area (Å²) in [6, 6.07) is 25.8.